The van der Waals surface area contributed by atoms with Crippen molar-refractivity contribution in [3.63, 3.8) is 0 Å². The second-order valence-corrected chi connectivity index (χ2v) is 6.15. The monoisotopic (exact) mass is 370 g/mol. The van der Waals surface area contributed by atoms with E-state index in [4.69, 9.17) is 9.47 Å². The molecule has 27 heavy (non-hydrogen) atoms. The number of aryl methyl sites for hydroxylation is 1. The molecule has 1 aromatic heterocycles. The molecule has 0 unspecified atom stereocenters. The second kappa shape index (κ2) is 8.77. The SMILES string of the molecule is CCOCCn1c(C=O)nc2ccc(OCc3ccc(F)c(CC)c3)cc21. The molecule has 5 nitrogen and oxygen atoms in total. The minimum Gasteiger partial charge on any atom is -0.489 e. The molecule has 1 heterocycles. The van der Waals surface area contributed by atoms with E-state index < -0.39 is 0 Å². The lowest BCUT2D eigenvalue weighted by atomic mass is 10.1. The highest BCUT2D eigenvalue weighted by molar-refractivity contribution is 5.84. The Bertz CT molecular complexity index is 937. The molecule has 0 spiro atoms. The molecule has 0 aliphatic heterocycles. The maximum Gasteiger partial charge on any atom is 0.185 e. The Hall–Kier alpha value is -2.73. The van der Waals surface area contributed by atoms with Gasteiger partial charge in [0.2, 0.25) is 0 Å². The first kappa shape index (κ1) is 19.0. The Balaban J connectivity index is 1.80. The third-order valence-electron chi connectivity index (χ3n) is 4.41. The van der Waals surface area contributed by atoms with Crippen molar-refractivity contribution in [1.82, 2.24) is 9.55 Å². The normalized spacial score (nSPS) is 11.1. The van der Waals surface area contributed by atoms with Crippen molar-refractivity contribution < 1.29 is 18.7 Å². The molecule has 0 atom stereocenters. The quantitative estimate of drug-likeness (QED) is 0.419. The molecule has 0 saturated carbocycles. The summed E-state index contributed by atoms with van der Waals surface area (Å²) in [5.41, 5.74) is 3.14. The lowest BCUT2D eigenvalue weighted by Crippen LogP contribution is -2.09. The van der Waals surface area contributed by atoms with E-state index in [1.54, 1.807) is 6.07 Å². The number of nitrogens with zero attached hydrogens (tertiary/aromatic N) is 2. The fourth-order valence-electron chi connectivity index (χ4n) is 2.99. The van der Waals surface area contributed by atoms with Gasteiger partial charge in [-0.1, -0.05) is 13.0 Å². The minimum atomic E-state index is -0.192. The van der Waals surface area contributed by atoms with E-state index in [1.165, 1.54) is 6.07 Å². The molecule has 3 aromatic rings. The van der Waals surface area contributed by atoms with Crippen LogP contribution in [0.1, 0.15) is 35.6 Å². The van der Waals surface area contributed by atoms with Crippen LogP contribution in [-0.2, 0) is 24.3 Å². The topological polar surface area (TPSA) is 53.4 Å². The number of carbonyl (C=O) groups excluding carboxylic acids is 1. The van der Waals surface area contributed by atoms with Crippen LogP contribution in [0.4, 0.5) is 4.39 Å². The fourth-order valence-corrected chi connectivity index (χ4v) is 2.99. The Morgan fingerprint density at radius 3 is 2.78 bits per heavy atom. The van der Waals surface area contributed by atoms with Crippen LogP contribution in [0.5, 0.6) is 5.75 Å². The number of halogens is 1. The summed E-state index contributed by atoms with van der Waals surface area (Å²) in [6, 6.07) is 10.5. The molecule has 0 N–H and O–H groups in total. The molecule has 0 amide bonds. The molecule has 0 radical (unpaired) electrons. The summed E-state index contributed by atoms with van der Waals surface area (Å²) in [5.74, 6) is 0.843. The Kier molecular flexibility index (Phi) is 6.19. The highest BCUT2D eigenvalue weighted by Crippen LogP contribution is 2.23. The molecule has 6 heteroatoms. The molecular formula is C21H23FN2O3. The van der Waals surface area contributed by atoms with Crippen molar-refractivity contribution in [3.8, 4) is 5.75 Å². The number of rotatable bonds is 9. The number of fused-ring (bicyclic) bond motifs is 1. The number of hydrogen-bond donors (Lipinski definition) is 0. The van der Waals surface area contributed by atoms with Crippen LogP contribution >= 0.6 is 0 Å². The summed E-state index contributed by atoms with van der Waals surface area (Å²) in [7, 11) is 0. The van der Waals surface area contributed by atoms with Crippen LogP contribution in [0.2, 0.25) is 0 Å². The van der Waals surface area contributed by atoms with Crippen molar-refractivity contribution in [1.29, 1.82) is 0 Å². The number of imidazole rings is 1. The molecule has 0 aliphatic rings. The van der Waals surface area contributed by atoms with Gasteiger partial charge in [-0.2, -0.15) is 0 Å². The second-order valence-electron chi connectivity index (χ2n) is 6.15. The summed E-state index contributed by atoms with van der Waals surface area (Å²) in [5, 5.41) is 0. The molecule has 0 aliphatic carbocycles. The van der Waals surface area contributed by atoms with Crippen LogP contribution in [0.25, 0.3) is 11.0 Å². The molecule has 3 rings (SSSR count). The van der Waals surface area contributed by atoms with Gasteiger partial charge in [0.05, 0.1) is 17.6 Å². The number of ether oxygens (including phenoxy) is 2. The Morgan fingerprint density at radius 2 is 2.04 bits per heavy atom. The first-order valence-electron chi connectivity index (χ1n) is 9.09. The summed E-state index contributed by atoms with van der Waals surface area (Å²) in [6.07, 6.45) is 1.39. The van der Waals surface area contributed by atoms with Gasteiger partial charge in [0.1, 0.15) is 18.2 Å². The molecule has 2 aromatic carbocycles. The van der Waals surface area contributed by atoms with Gasteiger partial charge < -0.3 is 14.0 Å². The van der Waals surface area contributed by atoms with E-state index in [9.17, 15) is 9.18 Å². The predicted molar refractivity (Wildman–Crippen MR) is 102 cm³/mol. The average Bonchev–Trinajstić information content (AvgIpc) is 3.04. The first-order valence-corrected chi connectivity index (χ1v) is 9.09. The number of benzene rings is 2. The zero-order chi connectivity index (χ0) is 19.2. The third kappa shape index (κ3) is 4.34. The van der Waals surface area contributed by atoms with Crippen LogP contribution in [0.15, 0.2) is 36.4 Å². The van der Waals surface area contributed by atoms with E-state index in [0.29, 0.717) is 49.9 Å². The number of aldehydes is 1. The zero-order valence-electron chi connectivity index (χ0n) is 15.6. The first-order chi connectivity index (χ1) is 13.2. The highest BCUT2D eigenvalue weighted by atomic mass is 19.1. The van der Waals surface area contributed by atoms with Crippen LogP contribution in [0, 0.1) is 5.82 Å². The fraction of sp³-hybridized carbons (Fsp3) is 0.333. The van der Waals surface area contributed by atoms with Crippen molar-refractivity contribution in [2.45, 2.75) is 33.4 Å². The Morgan fingerprint density at radius 1 is 1.19 bits per heavy atom. The predicted octanol–water partition coefficient (Wildman–Crippen LogP) is 4.17. The van der Waals surface area contributed by atoms with Gasteiger partial charge in [0.25, 0.3) is 0 Å². The smallest absolute Gasteiger partial charge is 0.185 e. The maximum atomic E-state index is 13.6. The zero-order valence-corrected chi connectivity index (χ0v) is 15.6. The van der Waals surface area contributed by atoms with Crippen molar-refractivity contribution >= 4 is 17.3 Å². The molecule has 0 fully saturated rings. The molecule has 0 saturated heterocycles. The number of carbonyl (C=O) groups is 1. The number of aromatic nitrogens is 2. The molecular weight excluding hydrogens is 347 g/mol. The van der Waals surface area contributed by atoms with E-state index in [0.717, 1.165) is 22.9 Å². The largest absolute Gasteiger partial charge is 0.489 e. The lowest BCUT2D eigenvalue weighted by molar-refractivity contribution is 0.110. The van der Waals surface area contributed by atoms with Gasteiger partial charge in [-0.05, 0) is 48.7 Å². The van der Waals surface area contributed by atoms with Crippen LogP contribution in [-0.4, -0.2) is 29.1 Å². The van der Waals surface area contributed by atoms with Gasteiger partial charge in [-0.3, -0.25) is 4.79 Å². The maximum absolute atomic E-state index is 13.6. The summed E-state index contributed by atoms with van der Waals surface area (Å²) in [6.45, 7) is 5.85. The Labute approximate surface area is 157 Å². The highest BCUT2D eigenvalue weighted by Gasteiger charge is 2.11. The number of hydrogen-bond acceptors (Lipinski definition) is 4. The summed E-state index contributed by atoms with van der Waals surface area (Å²) >= 11 is 0. The average molecular weight is 370 g/mol. The van der Waals surface area contributed by atoms with Gasteiger partial charge in [0.15, 0.2) is 12.1 Å². The molecule has 0 bridgehead atoms. The van der Waals surface area contributed by atoms with E-state index in [-0.39, 0.29) is 5.82 Å². The lowest BCUT2D eigenvalue weighted by Gasteiger charge is -2.10. The standard InChI is InChI=1S/C21H23FN2O3/c1-3-16-11-15(5-7-18(16)22)14-27-17-6-8-19-20(12-17)24(9-10-26-4-2)21(13-25)23-19/h5-8,11-13H,3-4,9-10,14H2,1-2H3. The minimum absolute atomic E-state index is 0.192. The van der Waals surface area contributed by atoms with Crippen molar-refractivity contribution in [3.05, 3.63) is 59.2 Å². The van der Waals surface area contributed by atoms with Gasteiger partial charge in [0, 0.05) is 19.2 Å². The van der Waals surface area contributed by atoms with Gasteiger partial charge in [-0.15, -0.1) is 0 Å². The van der Waals surface area contributed by atoms with E-state index in [2.05, 4.69) is 4.98 Å². The summed E-state index contributed by atoms with van der Waals surface area (Å²) in [4.78, 5) is 15.7. The third-order valence-corrected chi connectivity index (χ3v) is 4.41. The van der Waals surface area contributed by atoms with Gasteiger partial charge >= 0.3 is 0 Å². The van der Waals surface area contributed by atoms with Crippen LogP contribution < -0.4 is 4.74 Å². The van der Waals surface area contributed by atoms with Crippen molar-refractivity contribution in [2.24, 2.45) is 0 Å². The van der Waals surface area contributed by atoms with Crippen molar-refractivity contribution in [2.75, 3.05) is 13.2 Å². The van der Waals surface area contributed by atoms with E-state index >= 15 is 0 Å². The van der Waals surface area contributed by atoms with Crippen LogP contribution in [0.3, 0.4) is 0 Å². The van der Waals surface area contributed by atoms with E-state index in [1.807, 2.05) is 42.7 Å². The summed E-state index contributed by atoms with van der Waals surface area (Å²) < 4.78 is 26.7. The van der Waals surface area contributed by atoms with Gasteiger partial charge in [-0.25, -0.2) is 9.37 Å². The molecule has 142 valence electrons.